The van der Waals surface area contributed by atoms with Crippen molar-refractivity contribution in [2.24, 2.45) is 0 Å². The van der Waals surface area contributed by atoms with E-state index in [4.69, 9.17) is 16.0 Å². The number of anilines is 1. The highest BCUT2D eigenvalue weighted by molar-refractivity contribution is 6.29. The van der Waals surface area contributed by atoms with Gasteiger partial charge in [0.25, 0.3) is 0 Å². The van der Waals surface area contributed by atoms with Crippen LogP contribution in [0.25, 0.3) is 22.1 Å². The molecular weight excluding hydrogens is 226 g/mol. The van der Waals surface area contributed by atoms with Gasteiger partial charge in [-0.15, -0.1) is 0 Å². The lowest BCUT2D eigenvalue weighted by atomic mass is 10.2. The number of hydrogen-bond donors (Lipinski definition) is 1. The fourth-order valence-electron chi connectivity index (χ4n) is 1.73. The normalized spacial score (nSPS) is 11.1. The van der Waals surface area contributed by atoms with Crippen molar-refractivity contribution in [3.05, 3.63) is 29.5 Å². The lowest BCUT2D eigenvalue weighted by Gasteiger charge is -1.98. The summed E-state index contributed by atoms with van der Waals surface area (Å²) < 4.78 is 5.68. The fraction of sp³-hybridized carbons (Fsp3) is 0.0909. The molecule has 16 heavy (non-hydrogen) atoms. The molecule has 3 aromatic rings. The average Bonchev–Trinajstić information content (AvgIpc) is 2.67. The molecule has 0 radical (unpaired) electrons. The molecule has 2 heterocycles. The van der Waals surface area contributed by atoms with E-state index in [0.29, 0.717) is 11.4 Å². The van der Waals surface area contributed by atoms with Gasteiger partial charge in [0, 0.05) is 12.4 Å². The summed E-state index contributed by atoms with van der Waals surface area (Å²) in [4.78, 5) is 8.26. The van der Waals surface area contributed by atoms with E-state index < -0.39 is 0 Å². The van der Waals surface area contributed by atoms with E-state index in [2.05, 4.69) is 15.3 Å². The molecule has 0 aliphatic carbocycles. The summed E-state index contributed by atoms with van der Waals surface area (Å²) in [6.45, 7) is 0. The van der Waals surface area contributed by atoms with E-state index in [1.54, 1.807) is 7.05 Å². The van der Waals surface area contributed by atoms with Gasteiger partial charge < -0.3 is 9.73 Å². The SMILES string of the molecule is CNc1nc(Cl)nc2c1oc1ccccc12. The van der Waals surface area contributed by atoms with Crippen molar-refractivity contribution in [3.63, 3.8) is 0 Å². The van der Waals surface area contributed by atoms with Crippen LogP contribution < -0.4 is 5.32 Å². The summed E-state index contributed by atoms with van der Waals surface area (Å²) in [5, 5.41) is 4.10. The average molecular weight is 234 g/mol. The fourth-order valence-corrected chi connectivity index (χ4v) is 1.90. The maximum absolute atomic E-state index is 5.86. The van der Waals surface area contributed by atoms with Crippen molar-refractivity contribution >= 4 is 39.5 Å². The standard InChI is InChI=1S/C11H8ClN3O/c1-13-10-9-8(14-11(12)15-10)6-4-2-3-5-7(6)16-9/h2-5H,1H3,(H,13,14,15). The molecule has 0 atom stereocenters. The van der Waals surface area contributed by atoms with Crippen LogP contribution >= 0.6 is 11.6 Å². The topological polar surface area (TPSA) is 51.0 Å². The Bertz CT molecular complexity index is 677. The zero-order valence-electron chi connectivity index (χ0n) is 8.49. The molecule has 0 saturated carbocycles. The van der Waals surface area contributed by atoms with E-state index in [1.807, 2.05) is 24.3 Å². The summed E-state index contributed by atoms with van der Waals surface area (Å²) in [6.07, 6.45) is 0. The number of nitrogens with one attached hydrogen (secondary N) is 1. The zero-order chi connectivity index (χ0) is 11.1. The molecule has 80 valence electrons. The Morgan fingerprint density at radius 1 is 1.25 bits per heavy atom. The quantitative estimate of drug-likeness (QED) is 0.657. The predicted molar refractivity (Wildman–Crippen MR) is 63.9 cm³/mol. The molecule has 0 aliphatic rings. The van der Waals surface area contributed by atoms with Crippen LogP contribution in [0.4, 0.5) is 5.82 Å². The van der Waals surface area contributed by atoms with Crippen molar-refractivity contribution in [3.8, 4) is 0 Å². The van der Waals surface area contributed by atoms with Gasteiger partial charge in [0.05, 0.1) is 0 Å². The number of aromatic nitrogens is 2. The Morgan fingerprint density at radius 3 is 2.88 bits per heavy atom. The van der Waals surface area contributed by atoms with Crippen molar-refractivity contribution in [2.45, 2.75) is 0 Å². The Labute approximate surface area is 96.2 Å². The molecule has 4 nitrogen and oxygen atoms in total. The van der Waals surface area contributed by atoms with E-state index >= 15 is 0 Å². The van der Waals surface area contributed by atoms with Gasteiger partial charge in [-0.05, 0) is 23.7 Å². The summed E-state index contributed by atoms with van der Waals surface area (Å²) in [7, 11) is 1.77. The monoisotopic (exact) mass is 233 g/mol. The number of rotatable bonds is 1. The highest BCUT2D eigenvalue weighted by Gasteiger charge is 2.13. The molecule has 0 spiro atoms. The smallest absolute Gasteiger partial charge is 0.225 e. The van der Waals surface area contributed by atoms with Gasteiger partial charge in [-0.2, -0.15) is 4.98 Å². The minimum absolute atomic E-state index is 0.211. The van der Waals surface area contributed by atoms with Crippen molar-refractivity contribution < 1.29 is 4.42 Å². The van der Waals surface area contributed by atoms with Crippen LogP contribution in [0.2, 0.25) is 5.28 Å². The first-order chi connectivity index (χ1) is 7.79. The van der Waals surface area contributed by atoms with Crippen molar-refractivity contribution in [1.82, 2.24) is 9.97 Å². The first kappa shape index (κ1) is 9.42. The molecule has 0 bridgehead atoms. The summed E-state index contributed by atoms with van der Waals surface area (Å²) in [5.41, 5.74) is 2.15. The van der Waals surface area contributed by atoms with E-state index in [9.17, 15) is 0 Å². The van der Waals surface area contributed by atoms with Gasteiger partial charge in [-0.1, -0.05) is 12.1 Å². The molecule has 0 fully saturated rings. The van der Waals surface area contributed by atoms with Crippen LogP contribution in [0.3, 0.4) is 0 Å². The highest BCUT2D eigenvalue weighted by atomic mass is 35.5. The molecule has 0 saturated heterocycles. The molecule has 0 unspecified atom stereocenters. The van der Waals surface area contributed by atoms with E-state index in [1.165, 1.54) is 0 Å². The van der Waals surface area contributed by atoms with E-state index in [0.717, 1.165) is 16.5 Å². The highest BCUT2D eigenvalue weighted by Crippen LogP contribution is 2.31. The second-order valence-corrected chi connectivity index (χ2v) is 3.71. The number of hydrogen-bond acceptors (Lipinski definition) is 4. The molecule has 1 aromatic carbocycles. The second kappa shape index (κ2) is 3.35. The zero-order valence-corrected chi connectivity index (χ0v) is 9.25. The number of para-hydroxylation sites is 1. The van der Waals surface area contributed by atoms with Crippen LogP contribution in [0.5, 0.6) is 0 Å². The Hall–Kier alpha value is -1.81. The molecule has 1 N–H and O–H groups in total. The van der Waals surface area contributed by atoms with Gasteiger partial charge in [-0.25, -0.2) is 4.98 Å². The van der Waals surface area contributed by atoms with Crippen LogP contribution in [0, 0.1) is 0 Å². The lowest BCUT2D eigenvalue weighted by Crippen LogP contribution is -1.94. The maximum Gasteiger partial charge on any atom is 0.225 e. The van der Waals surface area contributed by atoms with Gasteiger partial charge in [0.2, 0.25) is 5.28 Å². The molecule has 2 aromatic heterocycles. The first-order valence-corrected chi connectivity index (χ1v) is 5.20. The largest absolute Gasteiger partial charge is 0.450 e. The van der Waals surface area contributed by atoms with Crippen LogP contribution in [-0.2, 0) is 0 Å². The summed E-state index contributed by atoms with van der Waals surface area (Å²) in [5.74, 6) is 0.603. The minimum Gasteiger partial charge on any atom is -0.450 e. The van der Waals surface area contributed by atoms with Crippen LogP contribution in [0.15, 0.2) is 28.7 Å². The molecule has 0 aliphatic heterocycles. The first-order valence-electron chi connectivity index (χ1n) is 4.82. The number of furan rings is 1. The van der Waals surface area contributed by atoms with Crippen LogP contribution in [0.1, 0.15) is 0 Å². The van der Waals surface area contributed by atoms with Gasteiger partial charge >= 0.3 is 0 Å². The molecule has 3 rings (SSSR count). The Kier molecular flexibility index (Phi) is 1.97. The van der Waals surface area contributed by atoms with Crippen molar-refractivity contribution in [2.75, 3.05) is 12.4 Å². The van der Waals surface area contributed by atoms with Crippen LogP contribution in [-0.4, -0.2) is 17.0 Å². The second-order valence-electron chi connectivity index (χ2n) is 3.37. The van der Waals surface area contributed by atoms with Crippen molar-refractivity contribution in [1.29, 1.82) is 0 Å². The number of benzene rings is 1. The van der Waals surface area contributed by atoms with Gasteiger partial charge in [0.15, 0.2) is 11.4 Å². The van der Waals surface area contributed by atoms with E-state index in [-0.39, 0.29) is 5.28 Å². The molecular formula is C11H8ClN3O. The predicted octanol–water partition coefficient (Wildman–Crippen LogP) is 3.07. The molecule has 0 amide bonds. The third kappa shape index (κ3) is 1.23. The van der Waals surface area contributed by atoms with Gasteiger partial charge in [-0.3, -0.25) is 0 Å². The maximum atomic E-state index is 5.86. The Morgan fingerprint density at radius 2 is 2.06 bits per heavy atom. The third-order valence-electron chi connectivity index (χ3n) is 2.43. The number of fused-ring (bicyclic) bond motifs is 3. The lowest BCUT2D eigenvalue weighted by molar-refractivity contribution is 0.667. The summed E-state index contributed by atoms with van der Waals surface area (Å²) in [6, 6.07) is 7.69. The number of halogens is 1. The minimum atomic E-state index is 0.211. The number of nitrogens with zero attached hydrogens (tertiary/aromatic N) is 2. The Balaban J connectivity index is 2.54. The molecule has 5 heteroatoms. The van der Waals surface area contributed by atoms with Gasteiger partial charge in [0.1, 0.15) is 11.1 Å². The summed E-state index contributed by atoms with van der Waals surface area (Å²) >= 11 is 5.86. The third-order valence-corrected chi connectivity index (χ3v) is 2.60.